The number of aliphatic hydroxyl groups excluding tert-OH is 8. The van der Waals surface area contributed by atoms with E-state index < -0.39 is 147 Å². The predicted molar refractivity (Wildman–Crippen MR) is 181 cm³/mol. The van der Waals surface area contributed by atoms with Gasteiger partial charge in [-0.2, -0.15) is 0 Å². The number of carboxylic acid groups (broad SMARTS) is 1. The number of hydrogen-bond acceptors (Lipinski definition) is 20. The Hall–Kier alpha value is -2.27. The summed E-state index contributed by atoms with van der Waals surface area (Å²) in [6.07, 6.45) is -28.3. The fraction of sp³-hybridized carbons (Fsp3) is 0.909. The van der Waals surface area contributed by atoms with Crippen LogP contribution in [-0.2, 0) is 52.3 Å². The highest BCUT2D eigenvalue weighted by Crippen LogP contribution is 2.36. The van der Waals surface area contributed by atoms with Gasteiger partial charge in [-0.1, -0.05) is 0 Å². The topological polar surface area (TPSA) is 357 Å². The highest BCUT2D eigenvalue weighted by Gasteiger charge is 2.56. The normalized spacial score (nSPS) is 44.5. The number of hydrogen-bond donors (Lipinski definition) is 12. The molecule has 0 aromatic carbocycles. The van der Waals surface area contributed by atoms with Gasteiger partial charge in [0, 0.05) is 20.5 Å². The van der Waals surface area contributed by atoms with Crippen LogP contribution in [0.4, 0.5) is 0 Å². The first-order valence-electron chi connectivity index (χ1n) is 18.5. The van der Waals surface area contributed by atoms with Gasteiger partial charge in [0.25, 0.3) is 0 Å². The zero-order chi connectivity index (χ0) is 41.6. The first kappa shape index (κ1) is 46.4. The van der Waals surface area contributed by atoms with Crippen molar-refractivity contribution in [2.24, 2.45) is 5.73 Å². The second-order valence-corrected chi connectivity index (χ2v) is 14.3. The van der Waals surface area contributed by atoms with Crippen LogP contribution in [0, 0.1) is 0 Å². The highest BCUT2D eigenvalue weighted by molar-refractivity contribution is 5.74. The van der Waals surface area contributed by atoms with Gasteiger partial charge in [-0.15, -0.1) is 0 Å². The average Bonchev–Trinajstić information content (AvgIpc) is 3.13. The van der Waals surface area contributed by atoms with Gasteiger partial charge in [-0.05, 0) is 39.7 Å². The summed E-state index contributed by atoms with van der Waals surface area (Å²) in [7, 11) is 0. The molecule has 0 aliphatic carbocycles. The fourth-order valence-electron chi connectivity index (χ4n) is 6.99. The lowest BCUT2D eigenvalue weighted by Gasteiger charge is -2.51. The van der Waals surface area contributed by atoms with E-state index in [1.807, 2.05) is 0 Å². The Labute approximate surface area is 321 Å². The smallest absolute Gasteiger partial charge is 0.335 e. The molecule has 23 nitrogen and oxygen atoms in total. The van der Waals surface area contributed by atoms with Crippen LogP contribution >= 0.6 is 0 Å². The molecule has 0 bridgehead atoms. The number of carbonyl (C=O) groups is 3. The maximum atomic E-state index is 12.8. The number of nitrogens with one attached hydrogen (secondary N) is 2. The van der Waals surface area contributed by atoms with E-state index >= 15 is 0 Å². The molecule has 4 heterocycles. The van der Waals surface area contributed by atoms with Crippen LogP contribution in [0.2, 0.25) is 0 Å². The molecule has 13 N–H and O–H groups in total. The second-order valence-electron chi connectivity index (χ2n) is 14.3. The van der Waals surface area contributed by atoms with E-state index in [1.54, 1.807) is 0 Å². The largest absolute Gasteiger partial charge is 0.479 e. The average molecular weight is 816 g/mol. The number of aliphatic hydroxyl groups is 8. The third-order valence-corrected chi connectivity index (χ3v) is 10.0. The Morgan fingerprint density at radius 2 is 1.14 bits per heavy atom. The number of carbonyl (C=O) groups excluding carboxylic acids is 2. The molecule has 324 valence electrons. The monoisotopic (exact) mass is 815 g/mol. The van der Waals surface area contributed by atoms with Crippen molar-refractivity contribution in [1.29, 1.82) is 0 Å². The Morgan fingerprint density at radius 3 is 1.71 bits per heavy atom. The number of carboxylic acids is 1. The maximum Gasteiger partial charge on any atom is 0.335 e. The van der Waals surface area contributed by atoms with Gasteiger partial charge in [0.15, 0.2) is 31.3 Å². The van der Waals surface area contributed by atoms with Gasteiger partial charge < -0.3 is 100 Å². The summed E-state index contributed by atoms with van der Waals surface area (Å²) in [6, 6.07) is -2.75. The van der Waals surface area contributed by atoms with Gasteiger partial charge in [-0.3, -0.25) is 9.59 Å². The summed E-state index contributed by atoms with van der Waals surface area (Å²) in [5.74, 6) is -3.01. The molecule has 56 heavy (non-hydrogen) atoms. The molecule has 0 spiro atoms. The van der Waals surface area contributed by atoms with Gasteiger partial charge in [0.1, 0.15) is 79.2 Å². The minimum atomic E-state index is -2.12. The highest BCUT2D eigenvalue weighted by atomic mass is 16.8. The zero-order valence-corrected chi connectivity index (χ0v) is 31.4. The van der Waals surface area contributed by atoms with Crippen molar-refractivity contribution in [3.63, 3.8) is 0 Å². The van der Waals surface area contributed by atoms with Crippen LogP contribution in [0.25, 0.3) is 0 Å². The number of amides is 2. The Balaban J connectivity index is 1.73. The number of nitrogens with two attached hydrogens (primary N) is 1. The van der Waals surface area contributed by atoms with E-state index in [-0.39, 0.29) is 6.61 Å². The number of rotatable bonds is 16. The summed E-state index contributed by atoms with van der Waals surface area (Å²) in [5, 5.41) is 99.4. The van der Waals surface area contributed by atoms with Crippen LogP contribution in [0.1, 0.15) is 47.0 Å². The van der Waals surface area contributed by atoms with Crippen molar-refractivity contribution in [2.75, 3.05) is 19.8 Å². The molecule has 0 aromatic rings. The molecule has 4 aliphatic heterocycles. The quantitative estimate of drug-likeness (QED) is 0.0645. The van der Waals surface area contributed by atoms with Crippen LogP contribution in [0.3, 0.4) is 0 Å². The predicted octanol–water partition coefficient (Wildman–Crippen LogP) is -6.16. The second kappa shape index (κ2) is 20.6. The molecule has 20 atom stereocenters. The molecule has 4 saturated heterocycles. The third-order valence-electron chi connectivity index (χ3n) is 10.0. The van der Waals surface area contributed by atoms with Crippen LogP contribution in [0.15, 0.2) is 0 Å². The summed E-state index contributed by atoms with van der Waals surface area (Å²) >= 11 is 0. The summed E-state index contributed by atoms with van der Waals surface area (Å²) in [5.41, 5.74) is 5.58. The molecule has 7 unspecified atom stereocenters. The first-order valence-corrected chi connectivity index (χ1v) is 18.5. The number of ether oxygens (including phenoxy) is 8. The van der Waals surface area contributed by atoms with E-state index in [1.165, 1.54) is 20.8 Å². The van der Waals surface area contributed by atoms with Gasteiger partial charge in [-0.25, -0.2) is 4.79 Å². The van der Waals surface area contributed by atoms with Gasteiger partial charge in [0.2, 0.25) is 11.8 Å². The van der Waals surface area contributed by atoms with Crippen LogP contribution < -0.4 is 16.4 Å². The number of aliphatic carboxylic acids is 1. The maximum absolute atomic E-state index is 12.8. The minimum absolute atomic E-state index is 0.191. The molecule has 0 aromatic heterocycles. The summed E-state index contributed by atoms with van der Waals surface area (Å²) in [6.45, 7) is 5.12. The lowest BCUT2D eigenvalue weighted by Crippen LogP contribution is -2.71. The summed E-state index contributed by atoms with van der Waals surface area (Å²) in [4.78, 5) is 37.2. The van der Waals surface area contributed by atoms with Gasteiger partial charge >= 0.3 is 5.97 Å². The first-order chi connectivity index (χ1) is 26.4. The molecule has 2 amide bonds. The summed E-state index contributed by atoms with van der Waals surface area (Å²) < 4.78 is 47.4. The minimum Gasteiger partial charge on any atom is -0.479 e. The van der Waals surface area contributed by atoms with Crippen molar-refractivity contribution >= 4 is 17.8 Å². The standard InChI is InChI=1S/C33H57N3O20/c1-11-18(40)26(16(35-13(3)38)30(50-11)49-9-7-5-6-8-34)54-31-17(36-14(4)39)27(55-33-24(46)21(43)22(44)28(56-33)29(47)48)25(12(2)51-31)53-32-23(45)20(42)19(41)15(10-37)52-32/h11-12,15-28,30-33,37,40-46H,5-10,34H2,1-4H3,(H,35,38)(H,36,39)(H,47,48)/t11?,12-,15?,16?,17?,18-,19+,20-,21-,22-,23?,24?,25+,26+,27+,28?,30+,31-,32-,33+/m0/s1. The zero-order valence-electron chi connectivity index (χ0n) is 31.4. The van der Waals surface area contributed by atoms with Crippen molar-refractivity contribution in [1.82, 2.24) is 10.6 Å². The molecular formula is C33H57N3O20. The SMILES string of the molecule is CC(=O)NC1[C@H](O[C@@H]2C(NC(C)=O)[C@H](OCCCCCN)OC(C)[C@@H]2O)O[C@@H](C)[C@@H](O[C@@H]2OC(CO)[C@@H](O)[C@H](O)C2O)[C@@H]1O[C@@H]1OC(C(=O)O)[C@@H](O)[C@H](O)C1O. The molecule has 0 saturated carbocycles. The van der Waals surface area contributed by atoms with E-state index in [0.717, 1.165) is 19.8 Å². The fourth-order valence-corrected chi connectivity index (χ4v) is 6.99. The van der Waals surface area contributed by atoms with Gasteiger partial charge in [0.05, 0.1) is 18.8 Å². The van der Waals surface area contributed by atoms with Crippen molar-refractivity contribution in [3.05, 3.63) is 0 Å². The van der Waals surface area contributed by atoms with Crippen LogP contribution in [-0.4, -0.2) is 206 Å². The molecule has 4 aliphatic rings. The van der Waals surface area contributed by atoms with E-state index in [2.05, 4.69) is 10.6 Å². The van der Waals surface area contributed by atoms with Crippen molar-refractivity contribution in [3.8, 4) is 0 Å². The molecule has 4 rings (SSSR count). The Bertz CT molecular complexity index is 1290. The number of unbranched alkanes of at least 4 members (excludes halogenated alkanes) is 2. The molecule has 23 heteroatoms. The van der Waals surface area contributed by atoms with Crippen molar-refractivity contribution in [2.45, 2.75) is 170 Å². The molecular weight excluding hydrogens is 758 g/mol. The molecule has 4 fully saturated rings. The lowest BCUT2D eigenvalue weighted by atomic mass is 9.93. The van der Waals surface area contributed by atoms with E-state index in [0.29, 0.717) is 13.0 Å². The Kier molecular flexibility index (Phi) is 17.1. The Morgan fingerprint density at radius 1 is 0.607 bits per heavy atom. The lowest BCUT2D eigenvalue weighted by molar-refractivity contribution is -0.377. The van der Waals surface area contributed by atoms with Crippen molar-refractivity contribution < 1.29 is 98.2 Å². The van der Waals surface area contributed by atoms with E-state index in [9.17, 15) is 60.3 Å². The third kappa shape index (κ3) is 10.9. The van der Waals surface area contributed by atoms with E-state index in [4.69, 9.17) is 43.6 Å². The van der Waals surface area contributed by atoms with Crippen LogP contribution in [0.5, 0.6) is 0 Å². The molecule has 0 radical (unpaired) electrons.